The van der Waals surface area contributed by atoms with Gasteiger partial charge >= 0.3 is 0 Å². The summed E-state index contributed by atoms with van der Waals surface area (Å²) in [6, 6.07) is -0.128. The molecule has 0 aromatic carbocycles. The molecule has 1 aliphatic heterocycles. The molecule has 2 rings (SSSR count). The van der Waals surface area contributed by atoms with Gasteiger partial charge in [-0.05, 0) is 19.4 Å². The number of hydrogen-bond donors (Lipinski definition) is 2. The summed E-state index contributed by atoms with van der Waals surface area (Å²) in [5.74, 6) is 0.735. The summed E-state index contributed by atoms with van der Waals surface area (Å²) in [6.07, 6.45) is 1.91. The first kappa shape index (κ1) is 14.3. The quantitative estimate of drug-likeness (QED) is 0.852. The molecule has 6 heteroatoms. The van der Waals surface area contributed by atoms with Crippen molar-refractivity contribution in [1.29, 1.82) is 0 Å². The molecule has 106 valence electrons. The molecular weight excluding hydrogens is 260 g/mol. The standard InChI is InChI=1S/C13H22N4OS/c1-9(2)6-14-7-11-8-16-13(19-11)17-5-4-15-12(18)10(17)3/h8-10,14H,4-7H2,1-3H3,(H,15,18). The highest BCUT2D eigenvalue weighted by Gasteiger charge is 2.27. The van der Waals surface area contributed by atoms with Crippen molar-refractivity contribution in [2.24, 2.45) is 5.92 Å². The number of aromatic nitrogens is 1. The van der Waals surface area contributed by atoms with Gasteiger partial charge in [0.2, 0.25) is 5.91 Å². The summed E-state index contributed by atoms with van der Waals surface area (Å²) in [4.78, 5) is 19.4. The summed E-state index contributed by atoms with van der Waals surface area (Å²) in [6.45, 7) is 9.70. The molecule has 1 aliphatic rings. The van der Waals surface area contributed by atoms with Gasteiger partial charge in [-0.1, -0.05) is 13.8 Å². The third kappa shape index (κ3) is 3.67. The number of carbonyl (C=O) groups is 1. The van der Waals surface area contributed by atoms with Crippen LogP contribution in [-0.2, 0) is 11.3 Å². The highest BCUT2D eigenvalue weighted by atomic mass is 32.1. The van der Waals surface area contributed by atoms with Crippen molar-refractivity contribution in [2.45, 2.75) is 33.4 Å². The molecule has 0 spiro atoms. The van der Waals surface area contributed by atoms with E-state index < -0.39 is 0 Å². The predicted octanol–water partition coefficient (Wildman–Crippen LogP) is 1.21. The van der Waals surface area contributed by atoms with Crippen LogP contribution in [0.1, 0.15) is 25.6 Å². The van der Waals surface area contributed by atoms with Crippen LogP contribution < -0.4 is 15.5 Å². The minimum atomic E-state index is -0.128. The maximum atomic E-state index is 11.6. The van der Waals surface area contributed by atoms with Crippen LogP contribution in [0, 0.1) is 5.92 Å². The third-order valence-electron chi connectivity index (χ3n) is 3.14. The maximum absolute atomic E-state index is 11.6. The molecule has 1 unspecified atom stereocenters. The van der Waals surface area contributed by atoms with Crippen molar-refractivity contribution in [3.05, 3.63) is 11.1 Å². The number of rotatable bonds is 5. The van der Waals surface area contributed by atoms with Crippen LogP contribution in [0.2, 0.25) is 0 Å². The lowest BCUT2D eigenvalue weighted by Gasteiger charge is -2.32. The van der Waals surface area contributed by atoms with Gasteiger partial charge in [-0.15, -0.1) is 11.3 Å². The zero-order valence-electron chi connectivity index (χ0n) is 11.8. The Morgan fingerprint density at radius 3 is 3.16 bits per heavy atom. The smallest absolute Gasteiger partial charge is 0.242 e. The van der Waals surface area contributed by atoms with Crippen LogP contribution in [-0.4, -0.2) is 36.6 Å². The van der Waals surface area contributed by atoms with Gasteiger partial charge in [-0.2, -0.15) is 0 Å². The molecule has 1 saturated heterocycles. The molecule has 1 fully saturated rings. The Balaban J connectivity index is 1.94. The van der Waals surface area contributed by atoms with E-state index in [1.54, 1.807) is 11.3 Å². The van der Waals surface area contributed by atoms with E-state index in [9.17, 15) is 4.79 Å². The number of carbonyl (C=O) groups excluding carboxylic acids is 1. The number of nitrogens with one attached hydrogen (secondary N) is 2. The monoisotopic (exact) mass is 282 g/mol. The Hall–Kier alpha value is -1.14. The SMILES string of the molecule is CC(C)CNCc1cnc(N2CCNC(=O)C2C)s1. The third-order valence-corrected chi connectivity index (χ3v) is 4.17. The molecule has 1 aromatic heterocycles. The number of piperazine rings is 1. The molecule has 19 heavy (non-hydrogen) atoms. The topological polar surface area (TPSA) is 57.3 Å². The Bertz CT molecular complexity index is 432. The number of thiazole rings is 1. The minimum Gasteiger partial charge on any atom is -0.353 e. The highest BCUT2D eigenvalue weighted by Crippen LogP contribution is 2.25. The van der Waals surface area contributed by atoms with Crippen LogP contribution in [0.3, 0.4) is 0 Å². The molecule has 5 nitrogen and oxygen atoms in total. The van der Waals surface area contributed by atoms with Crippen LogP contribution in [0.4, 0.5) is 5.13 Å². The second-order valence-corrected chi connectivity index (χ2v) is 6.39. The van der Waals surface area contributed by atoms with Crippen LogP contribution in [0.5, 0.6) is 0 Å². The second-order valence-electron chi connectivity index (χ2n) is 5.29. The lowest BCUT2D eigenvalue weighted by molar-refractivity contribution is -0.122. The molecule has 0 saturated carbocycles. The normalized spacial score (nSPS) is 19.9. The van der Waals surface area contributed by atoms with E-state index in [0.29, 0.717) is 12.5 Å². The van der Waals surface area contributed by atoms with Crippen LogP contribution in [0.15, 0.2) is 6.20 Å². The lowest BCUT2D eigenvalue weighted by atomic mass is 10.2. The zero-order chi connectivity index (χ0) is 13.8. The molecule has 0 aliphatic carbocycles. The van der Waals surface area contributed by atoms with Gasteiger partial charge in [0.1, 0.15) is 6.04 Å². The fourth-order valence-corrected chi connectivity index (χ4v) is 3.03. The Morgan fingerprint density at radius 1 is 1.63 bits per heavy atom. The minimum absolute atomic E-state index is 0.0842. The van der Waals surface area contributed by atoms with Gasteiger partial charge in [0.25, 0.3) is 0 Å². The molecule has 0 bridgehead atoms. The molecule has 1 amide bonds. The van der Waals surface area contributed by atoms with E-state index in [4.69, 9.17) is 0 Å². The summed E-state index contributed by atoms with van der Waals surface area (Å²) >= 11 is 1.67. The van der Waals surface area contributed by atoms with Crippen molar-refractivity contribution < 1.29 is 4.79 Å². The average molecular weight is 282 g/mol. The summed E-state index contributed by atoms with van der Waals surface area (Å²) < 4.78 is 0. The zero-order valence-corrected chi connectivity index (χ0v) is 12.6. The van der Waals surface area contributed by atoms with Gasteiger partial charge in [0.05, 0.1) is 0 Å². The predicted molar refractivity (Wildman–Crippen MR) is 78.5 cm³/mol. The molecular formula is C13H22N4OS. The fraction of sp³-hybridized carbons (Fsp3) is 0.692. The number of anilines is 1. The maximum Gasteiger partial charge on any atom is 0.242 e. The molecule has 0 radical (unpaired) electrons. The van der Waals surface area contributed by atoms with E-state index in [1.165, 1.54) is 4.88 Å². The number of amides is 1. The first-order valence-electron chi connectivity index (χ1n) is 6.77. The Morgan fingerprint density at radius 2 is 2.42 bits per heavy atom. The van der Waals surface area contributed by atoms with Gasteiger partial charge < -0.3 is 15.5 Å². The van der Waals surface area contributed by atoms with Crippen molar-refractivity contribution in [3.63, 3.8) is 0 Å². The van der Waals surface area contributed by atoms with Gasteiger partial charge in [-0.3, -0.25) is 4.79 Å². The van der Waals surface area contributed by atoms with Crippen molar-refractivity contribution in [2.75, 3.05) is 24.5 Å². The number of hydrogen-bond acceptors (Lipinski definition) is 5. The highest BCUT2D eigenvalue weighted by molar-refractivity contribution is 7.15. The first-order chi connectivity index (χ1) is 9.08. The van der Waals surface area contributed by atoms with Gasteiger partial charge in [-0.25, -0.2) is 4.98 Å². The van der Waals surface area contributed by atoms with Crippen molar-refractivity contribution >= 4 is 22.4 Å². The van der Waals surface area contributed by atoms with Crippen molar-refractivity contribution in [1.82, 2.24) is 15.6 Å². The Kier molecular flexibility index (Phi) is 4.76. The number of nitrogens with zero attached hydrogens (tertiary/aromatic N) is 2. The first-order valence-corrected chi connectivity index (χ1v) is 7.59. The van der Waals surface area contributed by atoms with E-state index in [-0.39, 0.29) is 11.9 Å². The van der Waals surface area contributed by atoms with E-state index in [1.807, 2.05) is 13.1 Å². The van der Waals surface area contributed by atoms with Gasteiger partial charge in [0, 0.05) is 30.7 Å². The van der Waals surface area contributed by atoms with Crippen LogP contribution >= 0.6 is 11.3 Å². The van der Waals surface area contributed by atoms with Crippen LogP contribution in [0.25, 0.3) is 0 Å². The van der Waals surface area contributed by atoms with Gasteiger partial charge in [0.15, 0.2) is 5.13 Å². The largest absolute Gasteiger partial charge is 0.353 e. The average Bonchev–Trinajstić information content (AvgIpc) is 2.81. The van der Waals surface area contributed by atoms with E-state index in [2.05, 4.69) is 34.4 Å². The molecule has 1 aromatic rings. The molecule has 2 N–H and O–H groups in total. The summed E-state index contributed by atoms with van der Waals surface area (Å²) in [7, 11) is 0. The fourth-order valence-electron chi connectivity index (χ4n) is 2.04. The van der Waals surface area contributed by atoms with E-state index in [0.717, 1.165) is 24.8 Å². The second kappa shape index (κ2) is 6.34. The Labute approximate surface area is 118 Å². The summed E-state index contributed by atoms with van der Waals surface area (Å²) in [5.41, 5.74) is 0. The van der Waals surface area contributed by atoms with E-state index >= 15 is 0 Å². The lowest BCUT2D eigenvalue weighted by Crippen LogP contribution is -2.54. The molecule has 1 atom stereocenters. The molecule has 2 heterocycles. The summed E-state index contributed by atoms with van der Waals surface area (Å²) in [5, 5.41) is 7.23. The van der Waals surface area contributed by atoms with Crippen molar-refractivity contribution in [3.8, 4) is 0 Å².